The van der Waals surface area contributed by atoms with Crippen molar-refractivity contribution in [2.75, 3.05) is 19.8 Å². The van der Waals surface area contributed by atoms with Gasteiger partial charge in [-0.2, -0.15) is 0 Å². The van der Waals surface area contributed by atoms with Gasteiger partial charge in [0.05, 0.1) is 6.61 Å². The van der Waals surface area contributed by atoms with Crippen molar-refractivity contribution in [1.29, 1.82) is 0 Å². The minimum Gasteiger partial charge on any atom is -0.492 e. The Hall–Kier alpha value is -0.770. The number of aliphatic hydroxyl groups is 1. The second kappa shape index (κ2) is 7.62. The molecule has 0 spiro atoms. The van der Waals surface area contributed by atoms with E-state index in [4.69, 9.17) is 9.84 Å². The number of benzene rings is 1. The van der Waals surface area contributed by atoms with Gasteiger partial charge < -0.3 is 15.2 Å². The van der Waals surface area contributed by atoms with E-state index in [-0.39, 0.29) is 24.6 Å². The Kier molecular flexibility index (Phi) is 7.29. The van der Waals surface area contributed by atoms with Gasteiger partial charge in [0.25, 0.3) is 0 Å². The third-order valence-corrected chi connectivity index (χ3v) is 2.76. The van der Waals surface area contributed by atoms with Gasteiger partial charge in [-0.05, 0) is 38.8 Å². The molecule has 0 saturated heterocycles. The molecule has 1 aromatic rings. The van der Waals surface area contributed by atoms with Crippen molar-refractivity contribution in [3.63, 3.8) is 0 Å². The smallest absolute Gasteiger partial charge is 0.125 e. The summed E-state index contributed by atoms with van der Waals surface area (Å²) in [4.78, 5) is 0. The van der Waals surface area contributed by atoms with Crippen LogP contribution < -0.4 is 10.1 Å². The van der Waals surface area contributed by atoms with E-state index in [1.807, 2.05) is 45.9 Å². The maximum Gasteiger partial charge on any atom is 0.125 e. The molecular weight excluding hydrogens is 250 g/mol. The predicted molar refractivity (Wildman–Crippen MR) is 77.8 cm³/mol. The number of ether oxygens (including phenoxy) is 1. The number of nitrogens with one attached hydrogen (secondary N) is 1. The fraction of sp³-hybridized carbons (Fsp3) is 0.571. The molecule has 18 heavy (non-hydrogen) atoms. The number of hydrogen-bond acceptors (Lipinski definition) is 3. The van der Waals surface area contributed by atoms with Crippen LogP contribution in [0.3, 0.4) is 0 Å². The zero-order chi connectivity index (χ0) is 12.9. The molecule has 0 amide bonds. The zero-order valence-corrected chi connectivity index (χ0v) is 12.4. The number of halogens is 1. The van der Waals surface area contributed by atoms with Crippen LogP contribution in [-0.4, -0.2) is 30.4 Å². The van der Waals surface area contributed by atoms with Crippen LogP contribution in [0.25, 0.3) is 0 Å². The first-order valence-corrected chi connectivity index (χ1v) is 6.01. The van der Waals surface area contributed by atoms with E-state index >= 15 is 0 Å². The Morgan fingerprint density at radius 1 is 1.22 bits per heavy atom. The van der Waals surface area contributed by atoms with Crippen LogP contribution in [0.5, 0.6) is 5.75 Å². The van der Waals surface area contributed by atoms with Crippen LogP contribution in [0, 0.1) is 13.8 Å². The van der Waals surface area contributed by atoms with E-state index in [0.717, 1.165) is 23.4 Å². The third-order valence-electron chi connectivity index (χ3n) is 2.76. The van der Waals surface area contributed by atoms with Gasteiger partial charge in [-0.3, -0.25) is 0 Å². The molecule has 1 rings (SSSR count). The topological polar surface area (TPSA) is 41.5 Å². The van der Waals surface area contributed by atoms with Crippen molar-refractivity contribution in [2.24, 2.45) is 0 Å². The molecule has 104 valence electrons. The third kappa shape index (κ3) is 5.25. The second-order valence-corrected chi connectivity index (χ2v) is 5.04. The van der Waals surface area contributed by atoms with Crippen molar-refractivity contribution in [1.82, 2.24) is 5.32 Å². The Morgan fingerprint density at radius 2 is 1.78 bits per heavy atom. The molecule has 0 fully saturated rings. The van der Waals surface area contributed by atoms with Crippen LogP contribution in [-0.2, 0) is 0 Å². The maximum atomic E-state index is 9.10. The van der Waals surface area contributed by atoms with Crippen LogP contribution in [0.1, 0.15) is 25.0 Å². The fourth-order valence-corrected chi connectivity index (χ4v) is 1.63. The molecule has 0 unspecified atom stereocenters. The highest BCUT2D eigenvalue weighted by Gasteiger charge is 2.14. The molecule has 3 nitrogen and oxygen atoms in total. The average Bonchev–Trinajstić information content (AvgIpc) is 2.27. The average molecular weight is 274 g/mol. The molecule has 0 aliphatic rings. The SMILES string of the molecule is Cc1cccc(C)c1OCCNC(C)(C)CO.Cl. The highest BCUT2D eigenvalue weighted by atomic mass is 35.5. The Balaban J connectivity index is 0.00000289. The van der Waals surface area contributed by atoms with Gasteiger partial charge in [-0.15, -0.1) is 12.4 Å². The molecule has 0 heterocycles. The molecular formula is C14H24ClNO2. The fourth-order valence-electron chi connectivity index (χ4n) is 1.63. The van der Waals surface area contributed by atoms with Crippen molar-refractivity contribution in [3.05, 3.63) is 29.3 Å². The summed E-state index contributed by atoms with van der Waals surface area (Å²) < 4.78 is 5.76. The lowest BCUT2D eigenvalue weighted by Gasteiger charge is -2.23. The lowest BCUT2D eigenvalue weighted by atomic mass is 10.1. The van der Waals surface area contributed by atoms with Gasteiger partial charge in [0.2, 0.25) is 0 Å². The predicted octanol–water partition coefficient (Wildman–Crippen LogP) is 2.46. The van der Waals surface area contributed by atoms with Gasteiger partial charge in [0, 0.05) is 12.1 Å². The largest absolute Gasteiger partial charge is 0.492 e. The lowest BCUT2D eigenvalue weighted by molar-refractivity contribution is 0.180. The zero-order valence-electron chi connectivity index (χ0n) is 11.6. The van der Waals surface area contributed by atoms with Crippen LogP contribution >= 0.6 is 12.4 Å². The molecule has 0 aliphatic heterocycles. The lowest BCUT2D eigenvalue weighted by Crippen LogP contribution is -2.44. The summed E-state index contributed by atoms with van der Waals surface area (Å²) in [6, 6.07) is 6.13. The monoisotopic (exact) mass is 273 g/mol. The van der Waals surface area contributed by atoms with E-state index in [0.29, 0.717) is 6.61 Å². The maximum absolute atomic E-state index is 9.10. The number of aryl methyl sites for hydroxylation is 2. The van der Waals surface area contributed by atoms with Crippen molar-refractivity contribution in [3.8, 4) is 5.75 Å². The number of hydrogen-bond donors (Lipinski definition) is 2. The Bertz CT molecular complexity index is 347. The molecule has 0 saturated carbocycles. The molecule has 0 aromatic heterocycles. The van der Waals surface area contributed by atoms with Crippen LogP contribution in [0.4, 0.5) is 0 Å². The first-order valence-electron chi connectivity index (χ1n) is 6.01. The minimum atomic E-state index is -0.246. The number of rotatable bonds is 6. The van der Waals surface area contributed by atoms with E-state index in [2.05, 4.69) is 5.32 Å². The van der Waals surface area contributed by atoms with Gasteiger partial charge in [-0.25, -0.2) is 0 Å². The van der Waals surface area contributed by atoms with Gasteiger partial charge >= 0.3 is 0 Å². The van der Waals surface area contributed by atoms with E-state index in [1.54, 1.807) is 0 Å². The number of aliphatic hydroxyl groups excluding tert-OH is 1. The van der Waals surface area contributed by atoms with Crippen LogP contribution in [0.15, 0.2) is 18.2 Å². The van der Waals surface area contributed by atoms with E-state index in [9.17, 15) is 0 Å². The first kappa shape index (κ1) is 17.2. The normalized spacial score (nSPS) is 10.9. The quantitative estimate of drug-likeness (QED) is 0.783. The summed E-state index contributed by atoms with van der Waals surface area (Å²) in [5.74, 6) is 0.969. The summed E-state index contributed by atoms with van der Waals surface area (Å²) in [6.45, 7) is 9.48. The summed E-state index contributed by atoms with van der Waals surface area (Å²) in [5, 5.41) is 12.3. The Labute approximate surface area is 116 Å². The summed E-state index contributed by atoms with van der Waals surface area (Å²) in [7, 11) is 0. The van der Waals surface area contributed by atoms with Crippen LogP contribution in [0.2, 0.25) is 0 Å². The molecule has 0 bridgehead atoms. The summed E-state index contributed by atoms with van der Waals surface area (Å²) >= 11 is 0. The van der Waals surface area contributed by atoms with E-state index < -0.39 is 0 Å². The van der Waals surface area contributed by atoms with Gasteiger partial charge in [-0.1, -0.05) is 18.2 Å². The number of para-hydroxylation sites is 1. The Morgan fingerprint density at radius 3 is 2.28 bits per heavy atom. The molecule has 0 aliphatic carbocycles. The molecule has 2 N–H and O–H groups in total. The van der Waals surface area contributed by atoms with Crippen molar-refractivity contribution >= 4 is 12.4 Å². The first-order chi connectivity index (χ1) is 7.96. The minimum absolute atomic E-state index is 0. The van der Waals surface area contributed by atoms with Gasteiger partial charge in [0.15, 0.2) is 0 Å². The summed E-state index contributed by atoms with van der Waals surface area (Å²) in [5.41, 5.74) is 2.07. The van der Waals surface area contributed by atoms with Gasteiger partial charge in [0.1, 0.15) is 12.4 Å². The van der Waals surface area contributed by atoms with Crippen molar-refractivity contribution < 1.29 is 9.84 Å². The second-order valence-electron chi connectivity index (χ2n) is 5.04. The molecule has 4 heteroatoms. The van der Waals surface area contributed by atoms with Crippen molar-refractivity contribution in [2.45, 2.75) is 33.2 Å². The molecule has 1 aromatic carbocycles. The molecule has 0 atom stereocenters. The highest BCUT2D eigenvalue weighted by molar-refractivity contribution is 5.85. The standard InChI is InChI=1S/C14H23NO2.ClH/c1-11-6-5-7-12(2)13(11)17-9-8-15-14(3,4)10-16;/h5-7,15-16H,8-10H2,1-4H3;1H. The summed E-state index contributed by atoms with van der Waals surface area (Å²) in [6.07, 6.45) is 0. The molecule has 0 radical (unpaired) electrons. The highest BCUT2D eigenvalue weighted by Crippen LogP contribution is 2.21. The van der Waals surface area contributed by atoms with E-state index in [1.165, 1.54) is 0 Å².